The smallest absolute Gasteiger partial charge is 0.253 e. The van der Waals surface area contributed by atoms with E-state index in [4.69, 9.17) is 0 Å². The second-order valence-corrected chi connectivity index (χ2v) is 5.45. The number of carbonyl (C=O) groups is 1. The third-order valence-electron chi connectivity index (χ3n) is 3.08. The Bertz CT molecular complexity index is 453. The van der Waals surface area contributed by atoms with Crippen molar-refractivity contribution in [3.63, 3.8) is 0 Å². The minimum atomic E-state index is 0.147. The lowest BCUT2D eigenvalue weighted by Crippen LogP contribution is -2.29. The van der Waals surface area contributed by atoms with Crippen molar-refractivity contribution < 1.29 is 4.79 Å². The van der Waals surface area contributed by atoms with Crippen LogP contribution in [0.25, 0.3) is 0 Å². The first-order valence-corrected chi connectivity index (χ1v) is 6.99. The Kier molecular flexibility index (Phi) is 4.20. The number of carbonyl (C=O) groups excluding carboxylic acids is 1. The van der Waals surface area contributed by atoms with Crippen molar-refractivity contribution in [1.29, 1.82) is 0 Å². The first kappa shape index (κ1) is 12.6. The molecule has 0 heterocycles. The summed E-state index contributed by atoms with van der Waals surface area (Å²) in [4.78, 5) is 14.1. The quantitative estimate of drug-likeness (QED) is 0.750. The minimum absolute atomic E-state index is 0.147. The van der Waals surface area contributed by atoms with E-state index in [0.717, 1.165) is 34.1 Å². The number of hydrogen-bond acceptors (Lipinski definition) is 1. The molecule has 0 saturated carbocycles. The van der Waals surface area contributed by atoms with E-state index in [-0.39, 0.29) is 5.91 Å². The van der Waals surface area contributed by atoms with Gasteiger partial charge in [0.1, 0.15) is 0 Å². The van der Waals surface area contributed by atoms with E-state index in [1.807, 2.05) is 31.3 Å². The summed E-state index contributed by atoms with van der Waals surface area (Å²) in [7, 11) is 1.86. The monoisotopic (exact) mass is 341 g/mol. The Hall–Kier alpha value is -0.840. The highest BCUT2D eigenvalue weighted by atomic mass is 127. The molecule has 90 valence electrons. The third-order valence-corrected chi connectivity index (χ3v) is 4.00. The molecule has 0 radical (unpaired) electrons. The highest BCUT2D eigenvalue weighted by Crippen LogP contribution is 2.25. The van der Waals surface area contributed by atoms with Gasteiger partial charge in [0.2, 0.25) is 0 Å². The lowest BCUT2D eigenvalue weighted by atomic mass is 9.98. The zero-order chi connectivity index (χ0) is 12.3. The van der Waals surface area contributed by atoms with Crippen molar-refractivity contribution >= 4 is 34.2 Å². The van der Waals surface area contributed by atoms with Gasteiger partial charge in [-0.1, -0.05) is 18.2 Å². The third kappa shape index (κ3) is 2.89. The van der Waals surface area contributed by atoms with Gasteiger partial charge in [0.05, 0.1) is 5.69 Å². The number of hydrogen-bond donors (Lipinski definition) is 0. The van der Waals surface area contributed by atoms with Gasteiger partial charge in [-0.25, -0.2) is 0 Å². The Labute approximate surface area is 116 Å². The van der Waals surface area contributed by atoms with Crippen LogP contribution in [0.4, 0.5) is 5.69 Å². The molecule has 1 aromatic carbocycles. The molecule has 0 fully saturated rings. The lowest BCUT2D eigenvalue weighted by molar-refractivity contribution is -0.115. The normalized spacial score (nSPS) is 15.3. The van der Waals surface area contributed by atoms with Gasteiger partial charge in [-0.2, -0.15) is 0 Å². The largest absolute Gasteiger partial charge is 0.311 e. The van der Waals surface area contributed by atoms with Gasteiger partial charge in [-0.3, -0.25) is 4.79 Å². The second-order valence-electron chi connectivity index (χ2n) is 4.29. The maximum absolute atomic E-state index is 12.3. The molecule has 17 heavy (non-hydrogen) atoms. The van der Waals surface area contributed by atoms with E-state index < -0.39 is 0 Å². The van der Waals surface area contributed by atoms with Crippen LogP contribution >= 0.6 is 22.6 Å². The minimum Gasteiger partial charge on any atom is -0.311 e. The average Bonchev–Trinajstić information content (AvgIpc) is 2.39. The van der Waals surface area contributed by atoms with Gasteiger partial charge in [-0.05, 0) is 60.4 Å². The van der Waals surface area contributed by atoms with Crippen molar-refractivity contribution in [3.05, 3.63) is 39.5 Å². The van der Waals surface area contributed by atoms with Gasteiger partial charge in [0.25, 0.3) is 5.91 Å². The maximum Gasteiger partial charge on any atom is 0.253 e. The van der Waals surface area contributed by atoms with Crippen LogP contribution in [0.2, 0.25) is 0 Å². The summed E-state index contributed by atoms with van der Waals surface area (Å²) in [6.45, 7) is 0. The Morgan fingerprint density at radius 1 is 1.29 bits per heavy atom. The molecule has 0 spiro atoms. The topological polar surface area (TPSA) is 20.3 Å². The molecule has 0 saturated heterocycles. The summed E-state index contributed by atoms with van der Waals surface area (Å²) in [5.74, 6) is 0.147. The predicted octanol–water partition coefficient (Wildman–Crippen LogP) is 3.75. The molecule has 1 aliphatic rings. The highest BCUT2D eigenvalue weighted by molar-refractivity contribution is 14.1. The van der Waals surface area contributed by atoms with Crippen LogP contribution in [-0.2, 0) is 4.79 Å². The standard InChI is InChI=1S/C14H16INO/c1-16(13-10-6-5-9-12(13)15)14(17)11-7-3-2-4-8-11/h5-7,9-10H,2-4,8H2,1H3. The number of halogens is 1. The number of allylic oxidation sites excluding steroid dienone is 1. The van der Waals surface area contributed by atoms with E-state index in [1.54, 1.807) is 4.90 Å². The maximum atomic E-state index is 12.3. The molecule has 0 N–H and O–H groups in total. The van der Waals surface area contributed by atoms with Crippen molar-refractivity contribution in [2.75, 3.05) is 11.9 Å². The van der Waals surface area contributed by atoms with E-state index in [0.29, 0.717) is 0 Å². The molecule has 0 bridgehead atoms. The number of amides is 1. The first-order valence-electron chi connectivity index (χ1n) is 5.92. The van der Waals surface area contributed by atoms with E-state index in [1.165, 1.54) is 6.42 Å². The van der Waals surface area contributed by atoms with Crippen molar-refractivity contribution in [2.24, 2.45) is 0 Å². The number of anilines is 1. The average molecular weight is 341 g/mol. The molecule has 0 atom stereocenters. The molecular formula is C14H16INO. The van der Waals surface area contributed by atoms with Crippen LogP contribution < -0.4 is 4.90 Å². The summed E-state index contributed by atoms with van der Waals surface area (Å²) < 4.78 is 1.11. The number of rotatable bonds is 2. The lowest BCUT2D eigenvalue weighted by Gasteiger charge is -2.22. The van der Waals surface area contributed by atoms with Gasteiger partial charge in [0, 0.05) is 16.2 Å². The Morgan fingerprint density at radius 2 is 2.06 bits per heavy atom. The van der Waals surface area contributed by atoms with Gasteiger partial charge in [-0.15, -0.1) is 0 Å². The van der Waals surface area contributed by atoms with Gasteiger partial charge < -0.3 is 4.90 Å². The first-order chi connectivity index (χ1) is 8.20. The zero-order valence-corrected chi connectivity index (χ0v) is 12.1. The SMILES string of the molecule is CN(C(=O)C1=CCCCC1)c1ccccc1I. The second kappa shape index (κ2) is 5.67. The number of nitrogens with zero attached hydrogens (tertiary/aromatic N) is 1. The molecule has 0 aromatic heterocycles. The van der Waals surface area contributed by atoms with Crippen LogP contribution in [0.15, 0.2) is 35.9 Å². The van der Waals surface area contributed by atoms with E-state index in [2.05, 4.69) is 28.7 Å². The molecule has 1 aromatic rings. The van der Waals surface area contributed by atoms with Gasteiger partial charge >= 0.3 is 0 Å². The fourth-order valence-electron chi connectivity index (χ4n) is 2.08. The summed E-state index contributed by atoms with van der Waals surface area (Å²) in [5.41, 5.74) is 1.96. The summed E-state index contributed by atoms with van der Waals surface area (Å²) in [6.07, 6.45) is 6.41. The molecule has 2 nitrogen and oxygen atoms in total. The van der Waals surface area contributed by atoms with Crippen LogP contribution in [-0.4, -0.2) is 13.0 Å². The summed E-state index contributed by atoms with van der Waals surface area (Å²) in [6, 6.07) is 7.97. The molecule has 0 aliphatic heterocycles. The molecule has 1 aliphatic carbocycles. The van der Waals surface area contributed by atoms with Crippen LogP contribution in [0, 0.1) is 3.57 Å². The fraction of sp³-hybridized carbons (Fsp3) is 0.357. The Balaban J connectivity index is 2.20. The molecule has 2 rings (SSSR count). The van der Waals surface area contributed by atoms with Gasteiger partial charge in [0.15, 0.2) is 0 Å². The van der Waals surface area contributed by atoms with Crippen LogP contribution in [0.5, 0.6) is 0 Å². The summed E-state index contributed by atoms with van der Waals surface area (Å²) in [5, 5.41) is 0. The number of benzene rings is 1. The fourth-order valence-corrected chi connectivity index (χ4v) is 2.83. The predicted molar refractivity (Wildman–Crippen MR) is 79.1 cm³/mol. The van der Waals surface area contributed by atoms with Crippen molar-refractivity contribution in [2.45, 2.75) is 25.7 Å². The van der Waals surface area contributed by atoms with E-state index >= 15 is 0 Å². The van der Waals surface area contributed by atoms with Crippen molar-refractivity contribution in [3.8, 4) is 0 Å². The molecule has 3 heteroatoms. The van der Waals surface area contributed by atoms with Crippen LogP contribution in [0.3, 0.4) is 0 Å². The number of likely N-dealkylation sites (N-methyl/N-ethyl adjacent to an activating group) is 1. The van der Waals surface area contributed by atoms with Crippen molar-refractivity contribution in [1.82, 2.24) is 0 Å². The van der Waals surface area contributed by atoms with E-state index in [9.17, 15) is 4.79 Å². The van der Waals surface area contributed by atoms with Crippen LogP contribution in [0.1, 0.15) is 25.7 Å². The summed E-state index contributed by atoms with van der Waals surface area (Å²) >= 11 is 2.27. The molecule has 0 unspecified atom stereocenters. The number of para-hydroxylation sites is 1. The molecule has 1 amide bonds. The highest BCUT2D eigenvalue weighted by Gasteiger charge is 2.18. The molecular weight excluding hydrogens is 325 g/mol. The Morgan fingerprint density at radius 3 is 2.71 bits per heavy atom. The zero-order valence-electron chi connectivity index (χ0n) is 9.95.